The van der Waals surface area contributed by atoms with Crippen molar-refractivity contribution in [2.75, 3.05) is 26.9 Å². The van der Waals surface area contributed by atoms with Gasteiger partial charge < -0.3 is 38.3 Å². The molecule has 1 saturated heterocycles. The van der Waals surface area contributed by atoms with E-state index in [2.05, 4.69) is 13.2 Å². The molecular formula is C22H26O11. The molecule has 2 rings (SSSR count). The molecule has 1 heterocycles. The van der Waals surface area contributed by atoms with Gasteiger partial charge in [0.1, 0.15) is 19.3 Å². The molecule has 33 heavy (non-hydrogen) atoms. The number of hydrogen-bond acceptors (Lipinski definition) is 11. The monoisotopic (exact) mass is 466 g/mol. The van der Waals surface area contributed by atoms with Crippen molar-refractivity contribution in [1.82, 2.24) is 0 Å². The number of hydrogen-bond donors (Lipinski definition) is 1. The van der Waals surface area contributed by atoms with Crippen LogP contribution in [0.15, 0.2) is 55.6 Å². The summed E-state index contributed by atoms with van der Waals surface area (Å²) in [7, 11) is 1.26. The molecule has 1 aromatic rings. The Morgan fingerprint density at radius 1 is 0.939 bits per heavy atom. The summed E-state index contributed by atoms with van der Waals surface area (Å²) >= 11 is 0. The number of rotatable bonds is 10. The van der Waals surface area contributed by atoms with Crippen LogP contribution in [0.1, 0.15) is 10.4 Å². The van der Waals surface area contributed by atoms with Crippen molar-refractivity contribution in [3.05, 3.63) is 61.2 Å². The molecule has 1 N–H and O–H groups in total. The van der Waals surface area contributed by atoms with E-state index in [1.54, 1.807) is 18.2 Å². The summed E-state index contributed by atoms with van der Waals surface area (Å²) in [6.45, 7) is 5.88. The molecule has 0 aliphatic carbocycles. The summed E-state index contributed by atoms with van der Waals surface area (Å²) in [5.74, 6) is -0.783. The maximum Gasteiger partial charge on any atom is 0.509 e. The number of methoxy groups -OCH3 is 1. The molecule has 0 spiro atoms. The van der Waals surface area contributed by atoms with Crippen molar-refractivity contribution in [2.45, 2.75) is 30.7 Å². The predicted molar refractivity (Wildman–Crippen MR) is 111 cm³/mol. The van der Waals surface area contributed by atoms with Crippen LogP contribution in [-0.2, 0) is 33.2 Å². The Hall–Kier alpha value is -3.41. The predicted octanol–water partition coefficient (Wildman–Crippen LogP) is 1.99. The normalized spacial score (nSPS) is 24.1. The molecular weight excluding hydrogens is 440 g/mol. The average Bonchev–Trinajstić information content (AvgIpc) is 2.83. The van der Waals surface area contributed by atoms with Crippen LogP contribution >= 0.6 is 0 Å². The molecule has 0 bridgehead atoms. The van der Waals surface area contributed by atoms with E-state index in [0.717, 1.165) is 0 Å². The number of carbonyl (C=O) groups excluding carboxylic acids is 3. The highest BCUT2D eigenvalue weighted by Crippen LogP contribution is 2.30. The van der Waals surface area contributed by atoms with Crippen molar-refractivity contribution in [3.63, 3.8) is 0 Å². The fourth-order valence-corrected chi connectivity index (χ4v) is 2.93. The van der Waals surface area contributed by atoms with Gasteiger partial charge in [0, 0.05) is 7.11 Å². The third-order valence-corrected chi connectivity index (χ3v) is 4.36. The molecule has 0 unspecified atom stereocenters. The first-order chi connectivity index (χ1) is 15.9. The number of benzene rings is 1. The summed E-state index contributed by atoms with van der Waals surface area (Å²) in [5, 5.41) is 9.78. The zero-order valence-electron chi connectivity index (χ0n) is 18.0. The summed E-state index contributed by atoms with van der Waals surface area (Å²) < 4.78 is 36.5. The minimum absolute atomic E-state index is 0.157. The Labute approximate surface area is 190 Å². The zero-order valence-corrected chi connectivity index (χ0v) is 18.0. The Morgan fingerprint density at radius 3 is 2.03 bits per heavy atom. The van der Waals surface area contributed by atoms with Gasteiger partial charge in [-0.25, -0.2) is 14.4 Å². The Kier molecular flexibility index (Phi) is 10.3. The van der Waals surface area contributed by atoms with Crippen LogP contribution in [0, 0.1) is 0 Å². The minimum Gasteiger partial charge on any atom is -0.449 e. The van der Waals surface area contributed by atoms with Crippen LogP contribution in [0.25, 0.3) is 0 Å². The number of ether oxygens (including phenoxy) is 7. The highest BCUT2D eigenvalue weighted by atomic mass is 16.8. The van der Waals surface area contributed by atoms with Gasteiger partial charge in [0.25, 0.3) is 0 Å². The first-order valence-corrected chi connectivity index (χ1v) is 9.88. The summed E-state index contributed by atoms with van der Waals surface area (Å²) in [4.78, 5) is 37.0. The van der Waals surface area contributed by atoms with Gasteiger partial charge in [0.15, 0.2) is 24.6 Å². The quantitative estimate of drug-likeness (QED) is 0.308. The average molecular weight is 466 g/mol. The second kappa shape index (κ2) is 13.2. The van der Waals surface area contributed by atoms with Gasteiger partial charge in [-0.2, -0.15) is 0 Å². The molecule has 0 amide bonds. The van der Waals surface area contributed by atoms with Crippen LogP contribution in [0.4, 0.5) is 9.59 Å². The molecule has 1 aliphatic rings. The van der Waals surface area contributed by atoms with Gasteiger partial charge >= 0.3 is 18.3 Å². The molecule has 11 nitrogen and oxygen atoms in total. The van der Waals surface area contributed by atoms with Gasteiger partial charge in [-0.3, -0.25) is 0 Å². The smallest absolute Gasteiger partial charge is 0.449 e. The highest BCUT2D eigenvalue weighted by molar-refractivity contribution is 5.89. The van der Waals surface area contributed by atoms with Crippen molar-refractivity contribution in [3.8, 4) is 0 Å². The lowest BCUT2D eigenvalue weighted by atomic mass is 9.98. The lowest BCUT2D eigenvalue weighted by Gasteiger charge is -2.43. The van der Waals surface area contributed by atoms with E-state index in [0.29, 0.717) is 0 Å². The molecule has 0 saturated carbocycles. The lowest BCUT2D eigenvalue weighted by Crippen LogP contribution is -2.62. The number of esters is 1. The molecule has 180 valence electrons. The minimum atomic E-state index is -1.48. The Bertz CT molecular complexity index is 810. The van der Waals surface area contributed by atoms with E-state index >= 15 is 0 Å². The molecule has 5 atom stereocenters. The van der Waals surface area contributed by atoms with E-state index in [9.17, 15) is 19.5 Å². The third-order valence-electron chi connectivity index (χ3n) is 4.36. The zero-order chi connectivity index (χ0) is 24.2. The Morgan fingerprint density at radius 2 is 1.52 bits per heavy atom. The fraction of sp³-hybridized carbons (Fsp3) is 0.409. The van der Waals surface area contributed by atoms with Crippen molar-refractivity contribution in [1.29, 1.82) is 0 Å². The topological polar surface area (TPSA) is 136 Å². The molecule has 1 fully saturated rings. The number of aliphatic hydroxyl groups is 1. The maximum atomic E-state index is 12.7. The van der Waals surface area contributed by atoms with Gasteiger partial charge in [-0.05, 0) is 12.1 Å². The van der Waals surface area contributed by atoms with Crippen molar-refractivity contribution < 1.29 is 52.6 Å². The van der Waals surface area contributed by atoms with Crippen LogP contribution in [0.2, 0.25) is 0 Å². The first-order valence-electron chi connectivity index (χ1n) is 9.88. The van der Waals surface area contributed by atoms with E-state index in [-0.39, 0.29) is 18.8 Å². The van der Waals surface area contributed by atoms with E-state index in [1.807, 2.05) is 0 Å². The second-order valence-corrected chi connectivity index (χ2v) is 6.56. The number of carbonyl (C=O) groups is 3. The molecule has 0 radical (unpaired) electrons. The summed E-state index contributed by atoms with van der Waals surface area (Å²) in [6.07, 6.45) is -6.52. The van der Waals surface area contributed by atoms with Gasteiger partial charge in [-0.15, -0.1) is 0 Å². The highest BCUT2D eigenvalue weighted by Gasteiger charge is 2.53. The van der Waals surface area contributed by atoms with Gasteiger partial charge in [0.05, 0.1) is 12.2 Å². The summed E-state index contributed by atoms with van der Waals surface area (Å²) in [5.41, 5.74) is 0.201. The van der Waals surface area contributed by atoms with E-state index in [4.69, 9.17) is 33.2 Å². The van der Waals surface area contributed by atoms with Crippen LogP contribution < -0.4 is 0 Å². The van der Waals surface area contributed by atoms with E-state index in [1.165, 1.54) is 31.4 Å². The molecule has 0 aromatic heterocycles. The summed E-state index contributed by atoms with van der Waals surface area (Å²) in [6, 6.07) is 8.00. The largest absolute Gasteiger partial charge is 0.509 e. The molecule has 1 aliphatic heterocycles. The van der Waals surface area contributed by atoms with Crippen molar-refractivity contribution in [2.24, 2.45) is 0 Å². The molecule has 11 heteroatoms. The van der Waals surface area contributed by atoms with Crippen LogP contribution in [0.3, 0.4) is 0 Å². The number of aliphatic hydroxyl groups excluding tert-OH is 1. The van der Waals surface area contributed by atoms with Gasteiger partial charge in [0.2, 0.25) is 0 Å². The third kappa shape index (κ3) is 7.31. The first kappa shape index (κ1) is 25.8. The lowest BCUT2D eigenvalue weighted by molar-refractivity contribution is -0.295. The SMILES string of the molecule is C=CCOC(=O)O[C@@H]1[C@H](OC(=O)c2ccccc2)[C@@H](OC)O[C@H](CO)[C@H]1OC(=O)OCC=C. The van der Waals surface area contributed by atoms with Crippen LogP contribution in [-0.4, -0.2) is 81.0 Å². The maximum absolute atomic E-state index is 12.7. The molecule has 1 aromatic carbocycles. The van der Waals surface area contributed by atoms with E-state index < -0.39 is 55.6 Å². The van der Waals surface area contributed by atoms with Crippen molar-refractivity contribution >= 4 is 18.3 Å². The standard InChI is InChI=1S/C22H26O11/c1-4-11-28-21(25)32-16-15(13-23)30-20(27-3)18(17(16)33-22(26)29-12-5-2)31-19(24)14-9-7-6-8-10-14/h4-10,15-18,20,23H,1-2,11-13H2,3H3/t15-,16-,17+,18+,20+/m1/s1. The Balaban J connectivity index is 2.35. The fourth-order valence-electron chi connectivity index (χ4n) is 2.93. The van der Waals surface area contributed by atoms with Gasteiger partial charge in [-0.1, -0.05) is 43.5 Å². The van der Waals surface area contributed by atoms with Crippen LogP contribution in [0.5, 0.6) is 0 Å². The second-order valence-electron chi connectivity index (χ2n) is 6.56.